The summed E-state index contributed by atoms with van der Waals surface area (Å²) in [4.78, 5) is 0. The van der Waals surface area contributed by atoms with Crippen LogP contribution >= 0.6 is 0 Å². The monoisotopic (exact) mass is 218 g/mol. The van der Waals surface area contributed by atoms with Crippen LogP contribution in [0.2, 0.25) is 0 Å². The minimum atomic E-state index is -0.389. The summed E-state index contributed by atoms with van der Waals surface area (Å²) in [5.41, 5.74) is 6.76. The summed E-state index contributed by atoms with van der Waals surface area (Å²) in [6.07, 6.45) is 2.18. The quantitative estimate of drug-likeness (QED) is 0.756. The largest absolute Gasteiger partial charge is 0.504 e. The van der Waals surface area contributed by atoms with Crippen LogP contribution in [0.15, 0.2) is 24.8 Å². The van der Waals surface area contributed by atoms with E-state index in [0.717, 1.165) is 0 Å². The standard InChI is InChI=1S/C12H14N2O2/c1-3-4-10(14)9-5-8(7-13)6-11(16-2)12(9)15/h3,5-6,10,15H,1,4,14H2,2H3/t10-/m0/s1. The van der Waals surface area contributed by atoms with E-state index >= 15 is 0 Å². The number of ether oxygens (including phenoxy) is 1. The summed E-state index contributed by atoms with van der Waals surface area (Å²) >= 11 is 0. The van der Waals surface area contributed by atoms with E-state index < -0.39 is 0 Å². The molecule has 0 aliphatic carbocycles. The number of nitrogens with two attached hydrogens (primary N) is 1. The van der Waals surface area contributed by atoms with Crippen molar-refractivity contribution < 1.29 is 9.84 Å². The van der Waals surface area contributed by atoms with Crippen LogP contribution in [0.5, 0.6) is 11.5 Å². The number of phenolic OH excluding ortho intramolecular Hbond substituents is 1. The molecule has 0 aliphatic rings. The summed E-state index contributed by atoms with van der Waals surface area (Å²) in [5, 5.41) is 18.7. The van der Waals surface area contributed by atoms with Crippen LogP contribution in [0.1, 0.15) is 23.6 Å². The fraction of sp³-hybridized carbons (Fsp3) is 0.250. The topological polar surface area (TPSA) is 79.3 Å². The Hall–Kier alpha value is -1.99. The lowest BCUT2D eigenvalue weighted by Gasteiger charge is -2.14. The van der Waals surface area contributed by atoms with Crippen LogP contribution in [0, 0.1) is 11.3 Å². The zero-order chi connectivity index (χ0) is 12.1. The first-order valence-electron chi connectivity index (χ1n) is 4.81. The van der Waals surface area contributed by atoms with E-state index in [9.17, 15) is 5.11 Å². The van der Waals surface area contributed by atoms with Crippen molar-refractivity contribution in [3.8, 4) is 17.6 Å². The second kappa shape index (κ2) is 5.19. The molecule has 0 aliphatic heterocycles. The lowest BCUT2D eigenvalue weighted by atomic mass is 10.0. The molecule has 16 heavy (non-hydrogen) atoms. The van der Waals surface area contributed by atoms with Gasteiger partial charge in [0.2, 0.25) is 0 Å². The number of hydrogen-bond acceptors (Lipinski definition) is 4. The SMILES string of the molecule is C=CC[C@H](N)c1cc(C#N)cc(OC)c1O. The normalized spacial score (nSPS) is 11.6. The summed E-state index contributed by atoms with van der Waals surface area (Å²) in [6.45, 7) is 3.58. The molecule has 1 aromatic rings. The van der Waals surface area contributed by atoms with Crippen molar-refractivity contribution >= 4 is 0 Å². The van der Waals surface area contributed by atoms with E-state index in [-0.39, 0.29) is 17.5 Å². The molecule has 0 aromatic heterocycles. The van der Waals surface area contributed by atoms with Crippen LogP contribution in [-0.2, 0) is 0 Å². The first kappa shape index (κ1) is 12.1. The molecule has 0 spiro atoms. The van der Waals surface area contributed by atoms with Gasteiger partial charge in [0.25, 0.3) is 0 Å². The number of rotatable bonds is 4. The molecule has 0 saturated carbocycles. The van der Waals surface area contributed by atoms with Gasteiger partial charge in [0.15, 0.2) is 11.5 Å². The fourth-order valence-corrected chi connectivity index (χ4v) is 1.44. The predicted molar refractivity (Wildman–Crippen MR) is 61.1 cm³/mol. The van der Waals surface area contributed by atoms with Crippen molar-refractivity contribution in [2.75, 3.05) is 7.11 Å². The molecule has 0 radical (unpaired) electrons. The molecule has 3 N–H and O–H groups in total. The highest BCUT2D eigenvalue weighted by Crippen LogP contribution is 2.35. The predicted octanol–water partition coefficient (Wildman–Crippen LogP) is 1.85. The third kappa shape index (κ3) is 2.33. The van der Waals surface area contributed by atoms with E-state index in [1.807, 2.05) is 6.07 Å². The Labute approximate surface area is 94.6 Å². The Morgan fingerprint density at radius 3 is 2.88 bits per heavy atom. The highest BCUT2D eigenvalue weighted by atomic mass is 16.5. The van der Waals surface area contributed by atoms with E-state index in [0.29, 0.717) is 17.5 Å². The summed E-state index contributed by atoms with van der Waals surface area (Å²) in [5.74, 6) is 0.240. The Balaban J connectivity index is 3.26. The smallest absolute Gasteiger partial charge is 0.162 e. The first-order chi connectivity index (χ1) is 7.63. The van der Waals surface area contributed by atoms with Gasteiger partial charge < -0.3 is 15.6 Å². The van der Waals surface area contributed by atoms with Crippen molar-refractivity contribution in [1.82, 2.24) is 0 Å². The van der Waals surface area contributed by atoms with E-state index in [1.54, 1.807) is 12.1 Å². The van der Waals surface area contributed by atoms with Crippen LogP contribution in [0.3, 0.4) is 0 Å². The van der Waals surface area contributed by atoms with Crippen molar-refractivity contribution in [3.05, 3.63) is 35.9 Å². The number of methoxy groups -OCH3 is 1. The zero-order valence-corrected chi connectivity index (χ0v) is 9.10. The third-order valence-corrected chi connectivity index (χ3v) is 2.27. The Bertz CT molecular complexity index is 435. The molecule has 1 atom stereocenters. The first-order valence-corrected chi connectivity index (χ1v) is 4.81. The number of benzene rings is 1. The molecule has 0 bridgehead atoms. The summed E-state index contributed by atoms with van der Waals surface area (Å²) < 4.78 is 4.97. The maximum atomic E-state index is 9.86. The van der Waals surface area contributed by atoms with E-state index in [4.69, 9.17) is 15.7 Å². The number of nitriles is 1. The van der Waals surface area contributed by atoms with Gasteiger partial charge in [0.05, 0.1) is 18.7 Å². The highest BCUT2D eigenvalue weighted by Gasteiger charge is 2.15. The average Bonchev–Trinajstić information content (AvgIpc) is 2.29. The number of aromatic hydroxyl groups is 1. The molecule has 0 saturated heterocycles. The van der Waals surface area contributed by atoms with Crippen molar-refractivity contribution in [2.45, 2.75) is 12.5 Å². The van der Waals surface area contributed by atoms with Crippen LogP contribution in [-0.4, -0.2) is 12.2 Å². The molecule has 84 valence electrons. The van der Waals surface area contributed by atoms with Gasteiger partial charge >= 0.3 is 0 Å². The number of hydrogen-bond donors (Lipinski definition) is 2. The molecule has 0 unspecified atom stereocenters. The van der Waals surface area contributed by atoms with Gasteiger partial charge in [-0.3, -0.25) is 0 Å². The zero-order valence-electron chi connectivity index (χ0n) is 9.10. The molecule has 1 aromatic carbocycles. The van der Waals surface area contributed by atoms with Gasteiger partial charge in [0, 0.05) is 17.7 Å². The van der Waals surface area contributed by atoms with Crippen molar-refractivity contribution in [1.29, 1.82) is 5.26 Å². The van der Waals surface area contributed by atoms with Crippen LogP contribution < -0.4 is 10.5 Å². The maximum absolute atomic E-state index is 9.86. The molecular weight excluding hydrogens is 204 g/mol. The van der Waals surface area contributed by atoms with Gasteiger partial charge in [-0.05, 0) is 12.5 Å². The fourth-order valence-electron chi connectivity index (χ4n) is 1.44. The van der Waals surface area contributed by atoms with Crippen molar-refractivity contribution in [2.24, 2.45) is 5.73 Å². The summed E-state index contributed by atoms with van der Waals surface area (Å²) in [6, 6.07) is 4.64. The second-order valence-corrected chi connectivity index (χ2v) is 3.36. The molecular formula is C12H14N2O2. The van der Waals surface area contributed by atoms with Crippen LogP contribution in [0.4, 0.5) is 0 Å². The number of nitrogens with zero attached hydrogens (tertiary/aromatic N) is 1. The minimum Gasteiger partial charge on any atom is -0.504 e. The highest BCUT2D eigenvalue weighted by molar-refractivity contribution is 5.52. The molecule has 4 nitrogen and oxygen atoms in total. The Kier molecular flexibility index (Phi) is 3.92. The lowest BCUT2D eigenvalue weighted by molar-refractivity contribution is 0.368. The van der Waals surface area contributed by atoms with Gasteiger partial charge in [-0.2, -0.15) is 5.26 Å². The summed E-state index contributed by atoms with van der Waals surface area (Å²) in [7, 11) is 1.43. The van der Waals surface area contributed by atoms with E-state index in [1.165, 1.54) is 13.2 Å². The minimum absolute atomic E-state index is 0.0177. The van der Waals surface area contributed by atoms with Gasteiger partial charge in [-0.25, -0.2) is 0 Å². The molecule has 4 heteroatoms. The third-order valence-electron chi connectivity index (χ3n) is 2.27. The lowest BCUT2D eigenvalue weighted by Crippen LogP contribution is -2.10. The molecule has 0 fully saturated rings. The number of phenols is 1. The van der Waals surface area contributed by atoms with Gasteiger partial charge in [-0.1, -0.05) is 6.08 Å². The molecule has 0 heterocycles. The Morgan fingerprint density at radius 2 is 2.38 bits per heavy atom. The molecule has 1 rings (SSSR count). The second-order valence-electron chi connectivity index (χ2n) is 3.36. The Morgan fingerprint density at radius 1 is 1.69 bits per heavy atom. The maximum Gasteiger partial charge on any atom is 0.162 e. The van der Waals surface area contributed by atoms with Gasteiger partial charge in [-0.15, -0.1) is 6.58 Å². The molecule has 0 amide bonds. The van der Waals surface area contributed by atoms with E-state index in [2.05, 4.69) is 6.58 Å². The van der Waals surface area contributed by atoms with Crippen molar-refractivity contribution in [3.63, 3.8) is 0 Å². The van der Waals surface area contributed by atoms with Gasteiger partial charge in [0.1, 0.15) is 0 Å². The van der Waals surface area contributed by atoms with Crippen LogP contribution in [0.25, 0.3) is 0 Å². The average molecular weight is 218 g/mol.